The maximum Gasteiger partial charge on any atom is 0.328 e. The number of benzene rings is 2. The van der Waals surface area contributed by atoms with Gasteiger partial charge in [-0.1, -0.05) is 40.9 Å². The third kappa shape index (κ3) is 6.87. The van der Waals surface area contributed by atoms with Crippen LogP contribution in [0, 0.1) is 23.4 Å². The Bertz CT molecular complexity index is 1160. The lowest BCUT2D eigenvalue weighted by atomic mass is 10.1. The Morgan fingerprint density at radius 1 is 1.14 bits per heavy atom. The molecule has 6 nitrogen and oxygen atoms in total. The normalized spacial score (nSPS) is 18.3. The largest absolute Gasteiger partial charge is 0.459 e. The fourth-order valence-electron chi connectivity index (χ4n) is 4.38. The zero-order valence-electron chi connectivity index (χ0n) is 19.4. The average molecular weight is 567 g/mol. The lowest BCUT2D eigenvalue weighted by Gasteiger charge is -2.26. The van der Waals surface area contributed by atoms with Gasteiger partial charge in [0.25, 0.3) is 0 Å². The Hall–Kier alpha value is -2.88. The Balaban J connectivity index is 1.37. The molecule has 4 rings (SSSR count). The first-order chi connectivity index (χ1) is 17.2. The first-order valence-corrected chi connectivity index (χ1v) is 12.6. The first-order valence-electron chi connectivity index (χ1n) is 11.8. The van der Waals surface area contributed by atoms with Gasteiger partial charge in [-0.15, -0.1) is 0 Å². The fourth-order valence-corrected chi connectivity index (χ4v) is 4.83. The number of hydrogen-bond acceptors (Lipinski definition) is 4. The Morgan fingerprint density at radius 2 is 1.92 bits per heavy atom. The summed E-state index contributed by atoms with van der Waals surface area (Å²) in [5.41, 5.74) is 0.506. The predicted molar refractivity (Wildman–Crippen MR) is 128 cm³/mol. The van der Waals surface area contributed by atoms with Gasteiger partial charge >= 0.3 is 5.97 Å². The number of amides is 2. The molecule has 1 saturated carbocycles. The predicted octanol–water partition coefficient (Wildman–Crippen LogP) is 4.78. The van der Waals surface area contributed by atoms with E-state index in [4.69, 9.17) is 4.74 Å². The van der Waals surface area contributed by atoms with Gasteiger partial charge in [-0.05, 0) is 42.5 Å². The molecule has 2 aromatic carbocycles. The van der Waals surface area contributed by atoms with Gasteiger partial charge in [0.05, 0.1) is 0 Å². The molecule has 2 fully saturated rings. The van der Waals surface area contributed by atoms with Gasteiger partial charge in [-0.25, -0.2) is 18.0 Å². The van der Waals surface area contributed by atoms with Crippen LogP contribution in [0.15, 0.2) is 40.9 Å². The number of carbonyl (C=O) groups is 3. The van der Waals surface area contributed by atoms with E-state index in [1.165, 1.54) is 4.90 Å². The lowest BCUT2D eigenvalue weighted by molar-refractivity contribution is -0.149. The van der Waals surface area contributed by atoms with Gasteiger partial charge in [0.15, 0.2) is 11.6 Å². The van der Waals surface area contributed by atoms with E-state index in [9.17, 15) is 27.6 Å². The molecule has 2 aliphatic rings. The molecule has 2 aromatic rings. The van der Waals surface area contributed by atoms with Crippen LogP contribution in [0.4, 0.5) is 13.2 Å². The van der Waals surface area contributed by atoms with E-state index in [1.807, 2.05) is 24.3 Å². The molecule has 2 atom stereocenters. The highest BCUT2D eigenvalue weighted by molar-refractivity contribution is 9.10. The molecule has 0 aromatic heterocycles. The summed E-state index contributed by atoms with van der Waals surface area (Å²) < 4.78 is 47.6. The van der Waals surface area contributed by atoms with E-state index in [0.717, 1.165) is 28.9 Å². The van der Waals surface area contributed by atoms with Gasteiger partial charge in [0.1, 0.15) is 18.5 Å². The summed E-state index contributed by atoms with van der Waals surface area (Å²) in [5, 5.41) is 2.74. The monoisotopic (exact) mass is 566 g/mol. The van der Waals surface area contributed by atoms with E-state index in [2.05, 4.69) is 21.2 Å². The van der Waals surface area contributed by atoms with Gasteiger partial charge < -0.3 is 15.0 Å². The van der Waals surface area contributed by atoms with E-state index in [-0.39, 0.29) is 37.5 Å². The topological polar surface area (TPSA) is 75.7 Å². The third-order valence-electron chi connectivity index (χ3n) is 6.44. The molecule has 2 amide bonds. The number of nitrogens with one attached hydrogen (secondary N) is 1. The zero-order valence-corrected chi connectivity index (χ0v) is 21.0. The highest BCUT2D eigenvalue weighted by Gasteiger charge is 2.36. The van der Waals surface area contributed by atoms with Gasteiger partial charge in [-0.2, -0.15) is 0 Å². The molecule has 1 saturated heterocycles. The minimum Gasteiger partial charge on any atom is -0.459 e. The zero-order chi connectivity index (χ0) is 25.8. The molecule has 192 valence electrons. The number of nitrogens with zero attached hydrogens (tertiary/aromatic N) is 1. The second kappa shape index (κ2) is 11.5. The molecule has 0 spiro atoms. The molecular weight excluding hydrogens is 541 g/mol. The Labute approximate surface area is 215 Å². The summed E-state index contributed by atoms with van der Waals surface area (Å²) in [5.74, 6) is -4.49. The van der Waals surface area contributed by atoms with E-state index < -0.39 is 41.4 Å². The standard InChI is InChI=1S/C26H26BrF3N2O4/c27-18-3-1-2-16(8-18)14-36-26(35)22(9-15-4-5-15)31-23(33)12-20-6-7-24(34)32(20)13-17-10-19(28)11-21(29)25(17)30/h1-3,8,10-11,15,20,22H,4-7,9,12-14H2,(H,31,33)/t20-,22-/m0/s1. The fraction of sp³-hybridized carbons (Fsp3) is 0.423. The number of hydrogen-bond donors (Lipinski definition) is 1. The van der Waals surface area contributed by atoms with Crippen LogP contribution in [0.3, 0.4) is 0 Å². The highest BCUT2D eigenvalue weighted by Crippen LogP contribution is 2.34. The lowest BCUT2D eigenvalue weighted by Crippen LogP contribution is -2.44. The Morgan fingerprint density at radius 3 is 2.64 bits per heavy atom. The van der Waals surface area contributed by atoms with Crippen LogP contribution in [0.2, 0.25) is 0 Å². The number of rotatable bonds is 10. The van der Waals surface area contributed by atoms with Crippen LogP contribution in [0.5, 0.6) is 0 Å². The van der Waals surface area contributed by atoms with Crippen LogP contribution >= 0.6 is 15.9 Å². The number of carbonyl (C=O) groups excluding carboxylic acids is 3. The molecule has 0 radical (unpaired) electrons. The number of likely N-dealkylation sites (tertiary alicyclic amines) is 1. The van der Waals surface area contributed by atoms with Crippen LogP contribution in [-0.2, 0) is 32.3 Å². The van der Waals surface area contributed by atoms with Gasteiger partial charge in [0, 0.05) is 41.5 Å². The van der Waals surface area contributed by atoms with Crippen molar-refractivity contribution in [1.29, 1.82) is 0 Å². The SMILES string of the molecule is O=C(C[C@@H]1CCC(=O)N1Cc1cc(F)cc(F)c1F)N[C@@H](CC1CC1)C(=O)OCc1cccc(Br)c1. The average Bonchev–Trinajstić information content (AvgIpc) is 3.59. The second-order valence-electron chi connectivity index (χ2n) is 9.32. The van der Waals surface area contributed by atoms with Crippen LogP contribution in [0.1, 0.15) is 49.7 Å². The van der Waals surface area contributed by atoms with Crippen molar-refractivity contribution in [2.75, 3.05) is 0 Å². The summed E-state index contributed by atoms with van der Waals surface area (Å²) in [4.78, 5) is 39.3. The molecule has 1 N–H and O–H groups in total. The summed E-state index contributed by atoms with van der Waals surface area (Å²) in [6.07, 6.45) is 2.77. The van der Waals surface area contributed by atoms with E-state index in [1.54, 1.807) is 0 Å². The molecule has 1 heterocycles. The molecule has 1 aliphatic heterocycles. The number of halogens is 4. The van der Waals surface area contributed by atoms with Crippen LogP contribution < -0.4 is 5.32 Å². The minimum absolute atomic E-state index is 0.0655. The quantitative estimate of drug-likeness (QED) is 0.332. The molecule has 10 heteroatoms. The maximum absolute atomic E-state index is 14.1. The van der Waals surface area contributed by atoms with Crippen molar-refractivity contribution in [3.05, 3.63) is 69.4 Å². The van der Waals surface area contributed by atoms with Crippen molar-refractivity contribution in [3.63, 3.8) is 0 Å². The Kier molecular flexibility index (Phi) is 8.33. The van der Waals surface area contributed by atoms with Crippen molar-refractivity contribution in [1.82, 2.24) is 10.2 Å². The molecule has 36 heavy (non-hydrogen) atoms. The summed E-state index contributed by atoms with van der Waals surface area (Å²) in [6, 6.07) is 7.22. The van der Waals surface area contributed by atoms with E-state index in [0.29, 0.717) is 24.8 Å². The van der Waals surface area contributed by atoms with Crippen molar-refractivity contribution < 1.29 is 32.3 Å². The van der Waals surface area contributed by atoms with Crippen molar-refractivity contribution in [2.45, 2.75) is 63.8 Å². The smallest absolute Gasteiger partial charge is 0.328 e. The second-order valence-corrected chi connectivity index (χ2v) is 10.2. The summed E-state index contributed by atoms with van der Waals surface area (Å²) in [7, 11) is 0. The summed E-state index contributed by atoms with van der Waals surface area (Å²) >= 11 is 3.37. The molecule has 0 unspecified atom stereocenters. The van der Waals surface area contributed by atoms with Crippen molar-refractivity contribution in [2.24, 2.45) is 5.92 Å². The van der Waals surface area contributed by atoms with Gasteiger partial charge in [-0.3, -0.25) is 9.59 Å². The summed E-state index contributed by atoms with van der Waals surface area (Å²) in [6.45, 7) is -0.284. The number of esters is 1. The number of ether oxygens (including phenoxy) is 1. The van der Waals surface area contributed by atoms with Gasteiger partial charge in [0.2, 0.25) is 11.8 Å². The maximum atomic E-state index is 14.1. The third-order valence-corrected chi connectivity index (χ3v) is 6.93. The van der Waals surface area contributed by atoms with Crippen LogP contribution in [-0.4, -0.2) is 34.8 Å². The minimum atomic E-state index is -1.34. The van der Waals surface area contributed by atoms with Crippen LogP contribution in [0.25, 0.3) is 0 Å². The molecular formula is C26H26BrF3N2O4. The van der Waals surface area contributed by atoms with Crippen molar-refractivity contribution >= 4 is 33.7 Å². The highest BCUT2D eigenvalue weighted by atomic mass is 79.9. The van der Waals surface area contributed by atoms with E-state index >= 15 is 0 Å². The first kappa shape index (κ1) is 26.2. The van der Waals surface area contributed by atoms with Crippen molar-refractivity contribution in [3.8, 4) is 0 Å². The molecule has 0 bridgehead atoms. The molecule has 1 aliphatic carbocycles.